The Labute approximate surface area is 143 Å². The molecule has 6 atom stereocenters. The van der Waals surface area contributed by atoms with Gasteiger partial charge in [0.2, 0.25) is 0 Å². The number of aliphatic imine (C=N–C) groups is 1. The Balaban J connectivity index is 1.66. The van der Waals surface area contributed by atoms with E-state index in [0.29, 0.717) is 10.8 Å². The van der Waals surface area contributed by atoms with E-state index in [1.54, 1.807) is 0 Å². The first-order valence-corrected chi connectivity index (χ1v) is 10.1. The third-order valence-corrected chi connectivity index (χ3v) is 8.87. The molecular formula is C22H35N. The van der Waals surface area contributed by atoms with Crippen molar-refractivity contribution in [3.8, 4) is 0 Å². The van der Waals surface area contributed by atoms with E-state index in [2.05, 4.69) is 31.8 Å². The van der Waals surface area contributed by atoms with Crippen molar-refractivity contribution in [2.45, 2.75) is 78.6 Å². The number of allylic oxidation sites excluding steroid dienone is 2. The quantitative estimate of drug-likeness (QED) is 0.413. The zero-order chi connectivity index (χ0) is 16.2. The van der Waals surface area contributed by atoms with Crippen molar-refractivity contribution in [1.29, 1.82) is 0 Å². The molecule has 0 aromatic rings. The molecule has 3 fully saturated rings. The van der Waals surface area contributed by atoms with E-state index in [0.717, 1.165) is 23.7 Å². The minimum atomic E-state index is 0.529. The smallest absolute Gasteiger partial charge is 0.0276 e. The average Bonchev–Trinajstić information content (AvgIpc) is 2.91. The minimum absolute atomic E-state index is 0.529. The molecule has 0 bridgehead atoms. The van der Waals surface area contributed by atoms with Crippen molar-refractivity contribution >= 4 is 5.71 Å². The fraction of sp³-hybridized carbons (Fsp3) is 0.864. The lowest BCUT2D eigenvalue weighted by Crippen LogP contribution is -2.50. The van der Waals surface area contributed by atoms with Crippen LogP contribution in [0.15, 0.2) is 16.6 Å². The number of hydrogen-bond acceptors (Lipinski definition) is 1. The fourth-order valence-corrected chi connectivity index (χ4v) is 7.54. The summed E-state index contributed by atoms with van der Waals surface area (Å²) >= 11 is 0. The molecule has 23 heavy (non-hydrogen) atoms. The van der Waals surface area contributed by atoms with Gasteiger partial charge in [0.1, 0.15) is 0 Å². The number of hydrogen-bond donors (Lipinski definition) is 0. The molecule has 0 aliphatic heterocycles. The van der Waals surface area contributed by atoms with Crippen molar-refractivity contribution < 1.29 is 0 Å². The van der Waals surface area contributed by atoms with Crippen LogP contribution in [-0.2, 0) is 0 Å². The van der Waals surface area contributed by atoms with Crippen molar-refractivity contribution in [2.24, 2.45) is 39.5 Å². The van der Waals surface area contributed by atoms with Gasteiger partial charge in [-0.15, -0.1) is 0 Å². The Kier molecular flexibility index (Phi) is 3.78. The summed E-state index contributed by atoms with van der Waals surface area (Å²) in [6.45, 7) is 7.52. The maximum atomic E-state index is 4.59. The molecule has 0 aromatic carbocycles. The Morgan fingerprint density at radius 2 is 1.91 bits per heavy atom. The zero-order valence-corrected chi connectivity index (χ0v) is 15.7. The van der Waals surface area contributed by atoms with Crippen LogP contribution in [-0.4, -0.2) is 12.8 Å². The Morgan fingerprint density at radius 3 is 2.70 bits per heavy atom. The van der Waals surface area contributed by atoms with Crippen LogP contribution in [0.2, 0.25) is 0 Å². The molecule has 128 valence electrons. The van der Waals surface area contributed by atoms with Gasteiger partial charge in [-0.2, -0.15) is 0 Å². The van der Waals surface area contributed by atoms with Crippen molar-refractivity contribution in [3.05, 3.63) is 11.6 Å². The van der Waals surface area contributed by atoms with Crippen LogP contribution < -0.4 is 0 Å². The van der Waals surface area contributed by atoms with Crippen LogP contribution in [0.5, 0.6) is 0 Å². The first kappa shape index (κ1) is 15.9. The number of nitrogens with zero attached hydrogens (tertiary/aromatic N) is 1. The van der Waals surface area contributed by atoms with Crippen LogP contribution in [0.25, 0.3) is 0 Å². The summed E-state index contributed by atoms with van der Waals surface area (Å²) in [5, 5.41) is 0. The van der Waals surface area contributed by atoms with Crippen LogP contribution in [0.1, 0.15) is 78.6 Å². The van der Waals surface area contributed by atoms with E-state index < -0.39 is 0 Å². The van der Waals surface area contributed by atoms with E-state index in [9.17, 15) is 0 Å². The lowest BCUT2D eigenvalue weighted by molar-refractivity contribution is -0.0324. The van der Waals surface area contributed by atoms with Gasteiger partial charge >= 0.3 is 0 Å². The number of fused-ring (bicyclic) bond motifs is 5. The second-order valence-corrected chi connectivity index (χ2v) is 9.51. The van der Waals surface area contributed by atoms with Crippen LogP contribution in [0.3, 0.4) is 0 Å². The van der Waals surface area contributed by atoms with E-state index in [-0.39, 0.29) is 0 Å². The summed E-state index contributed by atoms with van der Waals surface area (Å²) < 4.78 is 0. The van der Waals surface area contributed by atoms with Gasteiger partial charge < -0.3 is 0 Å². The van der Waals surface area contributed by atoms with E-state index in [1.807, 2.05) is 12.6 Å². The average molecular weight is 314 g/mol. The van der Waals surface area contributed by atoms with Gasteiger partial charge in [0, 0.05) is 18.7 Å². The second-order valence-electron chi connectivity index (χ2n) is 9.51. The molecule has 1 nitrogen and oxygen atoms in total. The summed E-state index contributed by atoms with van der Waals surface area (Å²) in [6, 6.07) is 0. The van der Waals surface area contributed by atoms with Gasteiger partial charge in [-0.25, -0.2) is 0 Å². The summed E-state index contributed by atoms with van der Waals surface area (Å²) in [7, 11) is 2.00. The van der Waals surface area contributed by atoms with Gasteiger partial charge in [-0.05, 0) is 86.9 Å². The van der Waals surface area contributed by atoms with Crippen LogP contribution in [0, 0.1) is 34.5 Å². The third-order valence-electron chi connectivity index (χ3n) is 8.87. The molecule has 0 amide bonds. The standard InChI is InChI=1S/C22H35N/c1-15(23-4)18-10-11-19-17-9-8-16-7-5-6-13-21(16,2)20(17)12-14-22(18,19)3/h8,17-20H,5-7,9-14H2,1-4H3. The molecular weight excluding hydrogens is 278 g/mol. The molecule has 0 radical (unpaired) electrons. The minimum Gasteiger partial charge on any atom is -0.297 e. The van der Waals surface area contributed by atoms with E-state index in [4.69, 9.17) is 0 Å². The van der Waals surface area contributed by atoms with Crippen molar-refractivity contribution in [3.63, 3.8) is 0 Å². The van der Waals surface area contributed by atoms with Gasteiger partial charge in [0.15, 0.2) is 0 Å². The highest BCUT2D eigenvalue weighted by Crippen LogP contribution is 2.66. The molecule has 0 spiro atoms. The summed E-state index contributed by atoms with van der Waals surface area (Å²) in [5.41, 5.74) is 4.34. The lowest BCUT2D eigenvalue weighted by Gasteiger charge is -2.57. The maximum absolute atomic E-state index is 4.59. The SMILES string of the molecule is CN=C(C)C1CCC2C3CC=C4CCCCC4(C)C3CCC12C. The Bertz CT molecular complexity index is 544. The fourth-order valence-electron chi connectivity index (χ4n) is 7.54. The molecule has 4 aliphatic carbocycles. The predicted octanol–water partition coefficient (Wildman–Crippen LogP) is 6.05. The highest BCUT2D eigenvalue weighted by atomic mass is 14.7. The molecule has 4 aliphatic rings. The molecule has 0 aromatic heterocycles. The Morgan fingerprint density at radius 1 is 1.09 bits per heavy atom. The summed E-state index contributed by atoms with van der Waals surface area (Å²) in [4.78, 5) is 4.59. The first-order valence-electron chi connectivity index (χ1n) is 10.1. The Hall–Kier alpha value is -0.590. The first-order chi connectivity index (χ1) is 11.0. The second kappa shape index (κ2) is 5.46. The third kappa shape index (κ3) is 2.14. The van der Waals surface area contributed by atoms with E-state index >= 15 is 0 Å². The normalized spacial score (nSPS) is 49.9. The lowest BCUT2D eigenvalue weighted by atomic mass is 9.47. The monoisotopic (exact) mass is 313 g/mol. The zero-order valence-electron chi connectivity index (χ0n) is 15.7. The van der Waals surface area contributed by atoms with Crippen LogP contribution >= 0.6 is 0 Å². The van der Waals surface area contributed by atoms with Gasteiger partial charge in [0.25, 0.3) is 0 Å². The van der Waals surface area contributed by atoms with Crippen LogP contribution in [0.4, 0.5) is 0 Å². The molecule has 0 N–H and O–H groups in total. The molecule has 6 unspecified atom stereocenters. The molecule has 0 saturated heterocycles. The maximum Gasteiger partial charge on any atom is 0.0276 e. The highest BCUT2D eigenvalue weighted by Gasteiger charge is 2.58. The topological polar surface area (TPSA) is 12.4 Å². The van der Waals surface area contributed by atoms with Crippen molar-refractivity contribution in [1.82, 2.24) is 0 Å². The summed E-state index contributed by atoms with van der Waals surface area (Å²) in [5.74, 6) is 3.62. The van der Waals surface area contributed by atoms with E-state index in [1.165, 1.54) is 63.5 Å². The summed E-state index contributed by atoms with van der Waals surface area (Å²) in [6.07, 6.45) is 15.6. The highest BCUT2D eigenvalue weighted by molar-refractivity contribution is 5.85. The molecule has 0 heterocycles. The predicted molar refractivity (Wildman–Crippen MR) is 98.8 cm³/mol. The molecule has 3 saturated carbocycles. The molecule has 4 rings (SSSR count). The van der Waals surface area contributed by atoms with Gasteiger partial charge in [-0.1, -0.05) is 31.9 Å². The van der Waals surface area contributed by atoms with Gasteiger partial charge in [0.05, 0.1) is 0 Å². The van der Waals surface area contributed by atoms with Gasteiger partial charge in [-0.3, -0.25) is 4.99 Å². The largest absolute Gasteiger partial charge is 0.297 e. The number of rotatable bonds is 1. The molecule has 1 heteroatoms. The van der Waals surface area contributed by atoms with Crippen molar-refractivity contribution in [2.75, 3.05) is 7.05 Å².